The van der Waals surface area contributed by atoms with E-state index in [9.17, 15) is 4.79 Å². The van der Waals surface area contributed by atoms with E-state index in [1.165, 1.54) is 0 Å². The summed E-state index contributed by atoms with van der Waals surface area (Å²) in [7, 11) is 0. The molecule has 0 bridgehead atoms. The Morgan fingerprint density at radius 2 is 1.95 bits per heavy atom. The number of hydrogen-bond acceptors (Lipinski definition) is 2. The highest BCUT2D eigenvalue weighted by molar-refractivity contribution is 6.30. The molecule has 1 aliphatic rings. The predicted octanol–water partition coefficient (Wildman–Crippen LogP) is 4.12. The molecule has 102 valence electrons. The number of halogens is 1. The van der Waals surface area contributed by atoms with Crippen LogP contribution in [0.4, 0.5) is 5.69 Å². The third kappa shape index (κ3) is 2.70. The number of hydrogen-bond donors (Lipinski definition) is 1. The van der Waals surface area contributed by atoms with Gasteiger partial charge in [0.1, 0.15) is 0 Å². The fourth-order valence-electron chi connectivity index (χ4n) is 2.65. The number of carbonyl (C=O) groups is 1. The van der Waals surface area contributed by atoms with Crippen LogP contribution in [0.15, 0.2) is 42.5 Å². The van der Waals surface area contributed by atoms with Crippen LogP contribution in [0.2, 0.25) is 5.02 Å². The summed E-state index contributed by atoms with van der Waals surface area (Å²) in [6.45, 7) is 0.988. The van der Waals surface area contributed by atoms with Crippen molar-refractivity contribution in [1.82, 2.24) is 0 Å². The molecule has 0 atom stereocenters. The van der Waals surface area contributed by atoms with Crippen molar-refractivity contribution in [3.05, 3.63) is 64.2 Å². The zero-order valence-corrected chi connectivity index (χ0v) is 11.9. The molecule has 0 aliphatic carbocycles. The minimum Gasteiger partial charge on any atom is -0.385 e. The zero-order chi connectivity index (χ0) is 13.9. The molecule has 2 aromatic carbocycles. The standard InChI is InChI=1S/C17H16ClNO/c18-13-8-6-12(7-9-13)11-17(20)15-3-1-5-16-14(15)4-2-10-19-16/h1,3,5-9,19H,2,4,10-11H2. The molecule has 0 aromatic heterocycles. The number of fused-ring (bicyclic) bond motifs is 1. The smallest absolute Gasteiger partial charge is 0.167 e. The summed E-state index contributed by atoms with van der Waals surface area (Å²) in [5.41, 5.74) is 4.13. The molecule has 1 heterocycles. The van der Waals surface area contributed by atoms with Gasteiger partial charge in [-0.2, -0.15) is 0 Å². The second-order valence-corrected chi connectivity index (χ2v) is 5.52. The summed E-state index contributed by atoms with van der Waals surface area (Å²) in [6, 6.07) is 13.4. The van der Waals surface area contributed by atoms with E-state index in [0.717, 1.165) is 41.8 Å². The first-order valence-electron chi connectivity index (χ1n) is 6.87. The van der Waals surface area contributed by atoms with Crippen molar-refractivity contribution in [2.24, 2.45) is 0 Å². The van der Waals surface area contributed by atoms with Crippen molar-refractivity contribution in [3.63, 3.8) is 0 Å². The van der Waals surface area contributed by atoms with Crippen molar-refractivity contribution in [2.75, 3.05) is 11.9 Å². The normalized spacial score (nSPS) is 13.4. The molecule has 0 saturated carbocycles. The summed E-state index contributed by atoms with van der Waals surface area (Å²) >= 11 is 5.87. The predicted molar refractivity (Wildman–Crippen MR) is 82.7 cm³/mol. The van der Waals surface area contributed by atoms with E-state index in [4.69, 9.17) is 11.6 Å². The Hall–Kier alpha value is -1.80. The average Bonchev–Trinajstić information content (AvgIpc) is 2.49. The Kier molecular flexibility index (Phi) is 3.75. The molecule has 0 saturated heterocycles. The fraction of sp³-hybridized carbons (Fsp3) is 0.235. The Morgan fingerprint density at radius 3 is 2.75 bits per heavy atom. The molecule has 3 rings (SSSR count). The summed E-state index contributed by atoms with van der Waals surface area (Å²) in [5.74, 6) is 0.174. The number of nitrogens with one attached hydrogen (secondary N) is 1. The van der Waals surface area contributed by atoms with Gasteiger partial charge < -0.3 is 5.32 Å². The molecule has 0 spiro atoms. The van der Waals surface area contributed by atoms with Gasteiger partial charge in [-0.05, 0) is 42.2 Å². The van der Waals surface area contributed by atoms with Crippen LogP contribution in [0.3, 0.4) is 0 Å². The number of anilines is 1. The van der Waals surface area contributed by atoms with Crippen molar-refractivity contribution in [1.29, 1.82) is 0 Å². The number of benzene rings is 2. The van der Waals surface area contributed by atoms with Crippen LogP contribution in [0.5, 0.6) is 0 Å². The van der Waals surface area contributed by atoms with E-state index in [1.54, 1.807) is 0 Å². The second-order valence-electron chi connectivity index (χ2n) is 5.09. The molecule has 1 aliphatic heterocycles. The lowest BCUT2D eigenvalue weighted by Crippen LogP contribution is -2.16. The summed E-state index contributed by atoms with van der Waals surface area (Å²) in [5, 5.41) is 4.06. The highest BCUT2D eigenvalue weighted by Crippen LogP contribution is 2.26. The zero-order valence-electron chi connectivity index (χ0n) is 11.2. The monoisotopic (exact) mass is 285 g/mol. The lowest BCUT2D eigenvalue weighted by molar-refractivity contribution is 0.0992. The van der Waals surface area contributed by atoms with Gasteiger partial charge in [0, 0.05) is 29.2 Å². The Balaban J connectivity index is 1.85. The molecular weight excluding hydrogens is 270 g/mol. The number of Topliss-reactive ketones (excluding diaryl/α,β-unsaturated/α-hetero) is 1. The van der Waals surface area contributed by atoms with Crippen LogP contribution < -0.4 is 5.32 Å². The van der Waals surface area contributed by atoms with Crippen LogP contribution in [0.25, 0.3) is 0 Å². The third-order valence-electron chi connectivity index (χ3n) is 3.67. The van der Waals surface area contributed by atoms with Crippen molar-refractivity contribution in [3.8, 4) is 0 Å². The molecule has 2 nitrogen and oxygen atoms in total. The molecule has 0 unspecified atom stereocenters. The topological polar surface area (TPSA) is 29.1 Å². The van der Waals surface area contributed by atoms with E-state index in [0.29, 0.717) is 11.4 Å². The lowest BCUT2D eigenvalue weighted by atomic mass is 9.93. The maximum absolute atomic E-state index is 12.5. The number of carbonyl (C=O) groups excluding carboxylic acids is 1. The molecule has 0 fully saturated rings. The first kappa shape index (κ1) is 13.2. The van der Waals surface area contributed by atoms with E-state index >= 15 is 0 Å². The molecule has 2 aromatic rings. The van der Waals surface area contributed by atoms with E-state index in [2.05, 4.69) is 5.32 Å². The molecular formula is C17H16ClNO. The van der Waals surface area contributed by atoms with Crippen LogP contribution in [-0.4, -0.2) is 12.3 Å². The van der Waals surface area contributed by atoms with Gasteiger partial charge in [0.25, 0.3) is 0 Å². The van der Waals surface area contributed by atoms with Gasteiger partial charge in [-0.15, -0.1) is 0 Å². The largest absolute Gasteiger partial charge is 0.385 e. The van der Waals surface area contributed by atoms with Gasteiger partial charge in [0.2, 0.25) is 0 Å². The van der Waals surface area contributed by atoms with Gasteiger partial charge in [0.15, 0.2) is 5.78 Å². The van der Waals surface area contributed by atoms with E-state index < -0.39 is 0 Å². The number of rotatable bonds is 3. The highest BCUT2D eigenvalue weighted by Gasteiger charge is 2.17. The van der Waals surface area contributed by atoms with Crippen molar-refractivity contribution in [2.45, 2.75) is 19.3 Å². The molecule has 0 radical (unpaired) electrons. The van der Waals surface area contributed by atoms with Crippen LogP contribution in [0.1, 0.15) is 27.9 Å². The minimum absolute atomic E-state index is 0.174. The first-order chi connectivity index (χ1) is 9.74. The minimum atomic E-state index is 0.174. The molecule has 3 heteroatoms. The maximum atomic E-state index is 12.5. The summed E-state index contributed by atoms with van der Waals surface area (Å²) < 4.78 is 0. The van der Waals surface area contributed by atoms with Gasteiger partial charge in [-0.3, -0.25) is 4.79 Å². The average molecular weight is 286 g/mol. The van der Waals surface area contributed by atoms with E-state index in [-0.39, 0.29) is 5.78 Å². The van der Waals surface area contributed by atoms with Crippen LogP contribution in [-0.2, 0) is 12.8 Å². The fourth-order valence-corrected chi connectivity index (χ4v) is 2.78. The molecule has 0 amide bonds. The third-order valence-corrected chi connectivity index (χ3v) is 3.93. The Labute approximate surface area is 123 Å². The number of ketones is 1. The SMILES string of the molecule is O=C(Cc1ccc(Cl)cc1)c1cccc2c1CCCN2. The second kappa shape index (κ2) is 5.68. The van der Waals surface area contributed by atoms with Gasteiger partial charge >= 0.3 is 0 Å². The van der Waals surface area contributed by atoms with Gasteiger partial charge in [-0.1, -0.05) is 35.9 Å². The quantitative estimate of drug-likeness (QED) is 0.860. The maximum Gasteiger partial charge on any atom is 0.167 e. The van der Waals surface area contributed by atoms with E-state index in [1.807, 2.05) is 42.5 Å². The summed E-state index contributed by atoms with van der Waals surface area (Å²) in [6.07, 6.45) is 2.48. The van der Waals surface area contributed by atoms with Crippen LogP contribution >= 0.6 is 11.6 Å². The Bertz CT molecular complexity index is 634. The molecule has 1 N–H and O–H groups in total. The Morgan fingerprint density at radius 1 is 1.15 bits per heavy atom. The summed E-state index contributed by atoms with van der Waals surface area (Å²) in [4.78, 5) is 12.5. The van der Waals surface area contributed by atoms with Crippen molar-refractivity contribution < 1.29 is 4.79 Å². The van der Waals surface area contributed by atoms with Crippen LogP contribution in [0, 0.1) is 0 Å². The highest BCUT2D eigenvalue weighted by atomic mass is 35.5. The lowest BCUT2D eigenvalue weighted by Gasteiger charge is -2.20. The van der Waals surface area contributed by atoms with Gasteiger partial charge in [0.05, 0.1) is 0 Å². The van der Waals surface area contributed by atoms with Crippen molar-refractivity contribution >= 4 is 23.1 Å². The van der Waals surface area contributed by atoms with Gasteiger partial charge in [-0.25, -0.2) is 0 Å². The molecule has 20 heavy (non-hydrogen) atoms. The first-order valence-corrected chi connectivity index (χ1v) is 7.25.